The van der Waals surface area contributed by atoms with Crippen LogP contribution in [0, 0.1) is 0 Å². The minimum Gasteiger partial charge on any atom is -0.504 e. The van der Waals surface area contributed by atoms with Crippen molar-refractivity contribution >= 4 is 5.71 Å². The van der Waals surface area contributed by atoms with Crippen molar-refractivity contribution < 1.29 is 14.7 Å². The van der Waals surface area contributed by atoms with E-state index in [9.17, 15) is 5.11 Å². The second-order valence-corrected chi connectivity index (χ2v) is 3.77. The van der Waals surface area contributed by atoms with E-state index in [2.05, 4.69) is 5.16 Å². The van der Waals surface area contributed by atoms with Gasteiger partial charge in [0.1, 0.15) is 7.11 Å². The van der Waals surface area contributed by atoms with Crippen LogP contribution in [0.3, 0.4) is 0 Å². The number of rotatable bonds is 2. The van der Waals surface area contributed by atoms with Crippen molar-refractivity contribution in [1.82, 2.24) is 0 Å². The minimum absolute atomic E-state index is 0.202. The van der Waals surface area contributed by atoms with Crippen LogP contribution in [0.2, 0.25) is 0 Å². The van der Waals surface area contributed by atoms with E-state index in [0.717, 1.165) is 36.1 Å². The molecule has 1 aliphatic rings. The van der Waals surface area contributed by atoms with E-state index in [1.54, 1.807) is 20.3 Å². The summed E-state index contributed by atoms with van der Waals surface area (Å²) in [4.78, 5) is 4.78. The van der Waals surface area contributed by atoms with E-state index in [4.69, 9.17) is 9.57 Å². The van der Waals surface area contributed by atoms with Crippen molar-refractivity contribution in [3.63, 3.8) is 0 Å². The van der Waals surface area contributed by atoms with Gasteiger partial charge in [0, 0.05) is 12.0 Å². The Morgan fingerprint density at radius 3 is 2.75 bits per heavy atom. The molecule has 16 heavy (non-hydrogen) atoms. The van der Waals surface area contributed by atoms with Gasteiger partial charge in [0.2, 0.25) is 0 Å². The smallest absolute Gasteiger partial charge is 0.163 e. The van der Waals surface area contributed by atoms with E-state index in [1.165, 1.54) is 0 Å². The van der Waals surface area contributed by atoms with Crippen LogP contribution < -0.4 is 4.74 Å². The normalized spacial score (nSPS) is 17.0. The SMILES string of the molecule is CO/N=C1\CCc2c(ccc(O)c2OC)C1. The molecule has 86 valence electrons. The van der Waals surface area contributed by atoms with Gasteiger partial charge in [-0.3, -0.25) is 0 Å². The fraction of sp³-hybridized carbons (Fsp3) is 0.417. The van der Waals surface area contributed by atoms with E-state index in [1.807, 2.05) is 6.07 Å². The van der Waals surface area contributed by atoms with Crippen molar-refractivity contribution in [2.75, 3.05) is 14.2 Å². The van der Waals surface area contributed by atoms with Gasteiger partial charge < -0.3 is 14.7 Å². The number of hydrogen-bond donors (Lipinski definition) is 1. The van der Waals surface area contributed by atoms with E-state index in [0.29, 0.717) is 5.75 Å². The molecule has 0 heterocycles. The lowest BCUT2D eigenvalue weighted by Crippen LogP contribution is -2.15. The van der Waals surface area contributed by atoms with Crippen molar-refractivity contribution in [3.05, 3.63) is 23.3 Å². The Kier molecular flexibility index (Phi) is 2.99. The Labute approximate surface area is 94.5 Å². The molecular weight excluding hydrogens is 206 g/mol. The molecule has 0 aromatic heterocycles. The summed E-state index contributed by atoms with van der Waals surface area (Å²) in [5.41, 5.74) is 3.26. The first kappa shape index (κ1) is 10.8. The number of ether oxygens (including phenoxy) is 1. The lowest BCUT2D eigenvalue weighted by atomic mass is 9.89. The van der Waals surface area contributed by atoms with Gasteiger partial charge in [-0.15, -0.1) is 0 Å². The van der Waals surface area contributed by atoms with Crippen LogP contribution in [0.1, 0.15) is 17.5 Å². The number of phenolic OH excluding ortho intramolecular Hbond substituents is 1. The number of phenols is 1. The van der Waals surface area contributed by atoms with Gasteiger partial charge in [0.15, 0.2) is 11.5 Å². The molecule has 1 aliphatic carbocycles. The predicted octanol–water partition coefficient (Wildman–Crippen LogP) is 1.89. The predicted molar refractivity (Wildman–Crippen MR) is 61.1 cm³/mol. The van der Waals surface area contributed by atoms with E-state index in [-0.39, 0.29) is 5.75 Å². The van der Waals surface area contributed by atoms with Crippen LogP contribution in [0.4, 0.5) is 0 Å². The molecule has 0 atom stereocenters. The molecule has 4 heteroatoms. The van der Waals surface area contributed by atoms with Gasteiger partial charge >= 0.3 is 0 Å². The first-order chi connectivity index (χ1) is 7.76. The number of nitrogens with zero attached hydrogens (tertiary/aromatic N) is 1. The number of methoxy groups -OCH3 is 1. The zero-order valence-electron chi connectivity index (χ0n) is 9.49. The minimum atomic E-state index is 0.202. The molecule has 0 spiro atoms. The number of hydrogen-bond acceptors (Lipinski definition) is 4. The highest BCUT2D eigenvalue weighted by Gasteiger charge is 2.20. The standard InChI is InChI=1S/C12H15NO3/c1-15-12-10-5-4-9(13-16-2)7-8(10)3-6-11(12)14/h3,6,14H,4-5,7H2,1-2H3/b13-9+. The van der Waals surface area contributed by atoms with Crippen LogP contribution >= 0.6 is 0 Å². The van der Waals surface area contributed by atoms with E-state index < -0.39 is 0 Å². The molecule has 0 radical (unpaired) electrons. The molecule has 0 amide bonds. The molecule has 0 bridgehead atoms. The first-order valence-electron chi connectivity index (χ1n) is 5.23. The average molecular weight is 221 g/mol. The maximum atomic E-state index is 9.66. The number of benzene rings is 1. The highest BCUT2D eigenvalue weighted by atomic mass is 16.6. The van der Waals surface area contributed by atoms with Gasteiger partial charge in [-0.05, 0) is 24.5 Å². The third-order valence-corrected chi connectivity index (χ3v) is 2.82. The fourth-order valence-electron chi connectivity index (χ4n) is 2.11. The monoisotopic (exact) mass is 221 g/mol. The maximum Gasteiger partial charge on any atom is 0.163 e. The molecule has 4 nitrogen and oxygen atoms in total. The second-order valence-electron chi connectivity index (χ2n) is 3.77. The average Bonchev–Trinajstić information content (AvgIpc) is 2.30. The molecule has 1 N–H and O–H groups in total. The summed E-state index contributed by atoms with van der Waals surface area (Å²) in [6.07, 6.45) is 2.44. The number of aromatic hydroxyl groups is 1. The molecule has 0 saturated heterocycles. The Morgan fingerprint density at radius 2 is 2.06 bits per heavy atom. The third-order valence-electron chi connectivity index (χ3n) is 2.82. The summed E-state index contributed by atoms with van der Waals surface area (Å²) < 4.78 is 5.22. The quantitative estimate of drug-likeness (QED) is 0.776. The maximum absolute atomic E-state index is 9.66. The summed E-state index contributed by atoms with van der Waals surface area (Å²) in [6.45, 7) is 0. The Balaban J connectivity index is 2.38. The van der Waals surface area contributed by atoms with Gasteiger partial charge in [-0.2, -0.15) is 0 Å². The van der Waals surface area contributed by atoms with Gasteiger partial charge in [-0.1, -0.05) is 11.2 Å². The molecular formula is C12H15NO3. The zero-order valence-corrected chi connectivity index (χ0v) is 9.49. The van der Waals surface area contributed by atoms with Crippen molar-refractivity contribution in [2.24, 2.45) is 5.16 Å². The van der Waals surface area contributed by atoms with Crippen molar-refractivity contribution in [1.29, 1.82) is 0 Å². The molecule has 0 unspecified atom stereocenters. The van der Waals surface area contributed by atoms with Crippen LogP contribution in [-0.4, -0.2) is 25.0 Å². The van der Waals surface area contributed by atoms with E-state index >= 15 is 0 Å². The molecule has 2 rings (SSSR count). The Morgan fingerprint density at radius 1 is 1.25 bits per heavy atom. The van der Waals surface area contributed by atoms with Crippen LogP contribution in [0.25, 0.3) is 0 Å². The van der Waals surface area contributed by atoms with Crippen LogP contribution in [0.15, 0.2) is 17.3 Å². The first-order valence-corrected chi connectivity index (χ1v) is 5.23. The zero-order chi connectivity index (χ0) is 11.5. The summed E-state index contributed by atoms with van der Waals surface area (Å²) in [5, 5.41) is 13.6. The van der Waals surface area contributed by atoms with Crippen molar-refractivity contribution in [2.45, 2.75) is 19.3 Å². The summed E-state index contributed by atoms with van der Waals surface area (Å²) in [6, 6.07) is 3.57. The van der Waals surface area contributed by atoms with Crippen molar-refractivity contribution in [3.8, 4) is 11.5 Å². The molecule has 0 fully saturated rings. The Hall–Kier alpha value is -1.71. The van der Waals surface area contributed by atoms with Crippen LogP contribution in [-0.2, 0) is 17.7 Å². The fourth-order valence-corrected chi connectivity index (χ4v) is 2.11. The van der Waals surface area contributed by atoms with Gasteiger partial charge in [0.05, 0.1) is 12.8 Å². The molecule has 0 aliphatic heterocycles. The summed E-state index contributed by atoms with van der Waals surface area (Å²) >= 11 is 0. The molecule has 0 saturated carbocycles. The van der Waals surface area contributed by atoms with Gasteiger partial charge in [0.25, 0.3) is 0 Å². The number of oxime groups is 1. The topological polar surface area (TPSA) is 51.0 Å². The highest BCUT2D eigenvalue weighted by molar-refractivity contribution is 5.88. The Bertz CT molecular complexity index is 427. The van der Waals surface area contributed by atoms with Crippen LogP contribution in [0.5, 0.6) is 11.5 Å². The lowest BCUT2D eigenvalue weighted by Gasteiger charge is -2.20. The summed E-state index contributed by atoms with van der Waals surface area (Å²) in [7, 11) is 3.13. The number of fused-ring (bicyclic) bond motifs is 1. The lowest BCUT2D eigenvalue weighted by molar-refractivity contribution is 0.211. The van der Waals surface area contributed by atoms with Gasteiger partial charge in [-0.25, -0.2) is 0 Å². The molecule has 1 aromatic rings. The highest BCUT2D eigenvalue weighted by Crippen LogP contribution is 2.35. The second kappa shape index (κ2) is 4.43. The summed E-state index contributed by atoms with van der Waals surface area (Å²) in [5.74, 6) is 0.794. The molecule has 1 aromatic carbocycles. The largest absolute Gasteiger partial charge is 0.504 e. The third kappa shape index (κ3) is 1.83.